The monoisotopic (exact) mass is 200 g/mol. The van der Waals surface area contributed by atoms with E-state index in [2.05, 4.69) is 6.92 Å². The van der Waals surface area contributed by atoms with Crippen molar-refractivity contribution >= 4 is 11.6 Å². The van der Waals surface area contributed by atoms with E-state index < -0.39 is 0 Å². The van der Waals surface area contributed by atoms with Gasteiger partial charge in [-0.05, 0) is 42.5 Å². The SMILES string of the molecule is CCc1ccc(F)cc1CCCCl. The molecule has 1 aromatic rings. The minimum absolute atomic E-state index is 0.151. The predicted molar refractivity (Wildman–Crippen MR) is 54.8 cm³/mol. The van der Waals surface area contributed by atoms with E-state index in [4.69, 9.17) is 11.6 Å². The number of benzene rings is 1. The maximum absolute atomic E-state index is 12.9. The van der Waals surface area contributed by atoms with Gasteiger partial charge in [0, 0.05) is 5.88 Å². The summed E-state index contributed by atoms with van der Waals surface area (Å²) in [5.74, 6) is 0.487. The molecule has 0 radical (unpaired) electrons. The first-order valence-corrected chi connectivity index (χ1v) is 5.14. The molecular weight excluding hydrogens is 187 g/mol. The van der Waals surface area contributed by atoms with E-state index >= 15 is 0 Å². The van der Waals surface area contributed by atoms with Crippen LogP contribution in [-0.2, 0) is 12.8 Å². The summed E-state index contributed by atoms with van der Waals surface area (Å²) in [6, 6.07) is 4.99. The van der Waals surface area contributed by atoms with E-state index in [0.717, 1.165) is 24.8 Å². The second-order valence-electron chi connectivity index (χ2n) is 3.06. The van der Waals surface area contributed by atoms with Gasteiger partial charge in [-0.25, -0.2) is 4.39 Å². The normalized spacial score (nSPS) is 10.4. The summed E-state index contributed by atoms with van der Waals surface area (Å²) < 4.78 is 12.9. The van der Waals surface area contributed by atoms with E-state index in [9.17, 15) is 4.39 Å². The molecule has 0 spiro atoms. The number of halogens is 2. The van der Waals surface area contributed by atoms with Gasteiger partial charge in [-0.2, -0.15) is 0 Å². The van der Waals surface area contributed by atoms with Crippen molar-refractivity contribution in [2.75, 3.05) is 5.88 Å². The summed E-state index contributed by atoms with van der Waals surface area (Å²) in [6.07, 6.45) is 2.75. The molecule has 72 valence electrons. The van der Waals surface area contributed by atoms with Gasteiger partial charge in [0.05, 0.1) is 0 Å². The summed E-state index contributed by atoms with van der Waals surface area (Å²) in [5, 5.41) is 0. The van der Waals surface area contributed by atoms with Crippen LogP contribution in [0.5, 0.6) is 0 Å². The third kappa shape index (κ3) is 3.00. The minimum Gasteiger partial charge on any atom is -0.207 e. The second-order valence-corrected chi connectivity index (χ2v) is 3.44. The highest BCUT2D eigenvalue weighted by molar-refractivity contribution is 6.17. The fraction of sp³-hybridized carbons (Fsp3) is 0.455. The molecule has 13 heavy (non-hydrogen) atoms. The fourth-order valence-corrected chi connectivity index (χ4v) is 1.56. The summed E-state index contributed by atoms with van der Waals surface area (Å²) in [7, 11) is 0. The molecule has 0 aliphatic carbocycles. The standard InChI is InChI=1S/C11H14ClF/c1-2-9-5-6-11(13)8-10(9)4-3-7-12/h5-6,8H,2-4,7H2,1H3. The number of aryl methyl sites for hydroxylation is 2. The van der Waals surface area contributed by atoms with Crippen LogP contribution < -0.4 is 0 Å². The molecular formula is C11H14ClF. The van der Waals surface area contributed by atoms with Gasteiger partial charge in [-0.1, -0.05) is 13.0 Å². The molecule has 0 heterocycles. The van der Waals surface area contributed by atoms with E-state index in [1.165, 1.54) is 11.6 Å². The summed E-state index contributed by atoms with van der Waals surface area (Å²) in [5.41, 5.74) is 2.33. The van der Waals surface area contributed by atoms with Crippen LogP contribution in [0, 0.1) is 5.82 Å². The zero-order valence-corrected chi connectivity index (χ0v) is 8.57. The summed E-state index contributed by atoms with van der Waals surface area (Å²) >= 11 is 5.59. The first-order valence-electron chi connectivity index (χ1n) is 4.61. The zero-order valence-electron chi connectivity index (χ0n) is 7.82. The number of hydrogen-bond donors (Lipinski definition) is 0. The van der Waals surface area contributed by atoms with Crippen LogP contribution >= 0.6 is 11.6 Å². The third-order valence-electron chi connectivity index (χ3n) is 2.13. The van der Waals surface area contributed by atoms with Crippen molar-refractivity contribution in [1.29, 1.82) is 0 Å². The third-order valence-corrected chi connectivity index (χ3v) is 2.40. The molecule has 0 saturated carbocycles. The Morgan fingerprint density at radius 1 is 1.31 bits per heavy atom. The summed E-state index contributed by atoms with van der Waals surface area (Å²) in [4.78, 5) is 0. The molecule has 0 aliphatic rings. The molecule has 2 heteroatoms. The van der Waals surface area contributed by atoms with Gasteiger partial charge < -0.3 is 0 Å². The van der Waals surface area contributed by atoms with Gasteiger partial charge in [0.2, 0.25) is 0 Å². The van der Waals surface area contributed by atoms with Crippen LogP contribution in [0.4, 0.5) is 4.39 Å². The molecule has 0 N–H and O–H groups in total. The van der Waals surface area contributed by atoms with E-state index in [0.29, 0.717) is 5.88 Å². The second kappa shape index (κ2) is 5.23. The zero-order chi connectivity index (χ0) is 9.68. The van der Waals surface area contributed by atoms with Crippen molar-refractivity contribution in [3.05, 3.63) is 35.1 Å². The van der Waals surface area contributed by atoms with Gasteiger partial charge in [-0.15, -0.1) is 11.6 Å². The summed E-state index contributed by atoms with van der Waals surface area (Å²) in [6.45, 7) is 2.08. The molecule has 0 amide bonds. The highest BCUT2D eigenvalue weighted by Crippen LogP contribution is 2.14. The molecule has 0 nitrogen and oxygen atoms in total. The maximum atomic E-state index is 12.9. The average molecular weight is 201 g/mol. The first-order chi connectivity index (χ1) is 6.27. The average Bonchev–Trinajstić information content (AvgIpc) is 2.15. The predicted octanol–water partition coefficient (Wildman–Crippen LogP) is 3.56. The highest BCUT2D eigenvalue weighted by Gasteiger charge is 2.01. The minimum atomic E-state index is -0.151. The van der Waals surface area contributed by atoms with Crippen molar-refractivity contribution in [3.63, 3.8) is 0 Å². The molecule has 0 aliphatic heterocycles. The van der Waals surface area contributed by atoms with Crippen molar-refractivity contribution < 1.29 is 4.39 Å². The molecule has 0 fully saturated rings. The van der Waals surface area contributed by atoms with Gasteiger partial charge in [-0.3, -0.25) is 0 Å². The molecule has 1 rings (SSSR count). The lowest BCUT2D eigenvalue weighted by molar-refractivity contribution is 0.624. The molecule has 0 bridgehead atoms. The van der Waals surface area contributed by atoms with E-state index in [1.54, 1.807) is 6.07 Å². The maximum Gasteiger partial charge on any atom is 0.123 e. The van der Waals surface area contributed by atoms with Crippen molar-refractivity contribution in [1.82, 2.24) is 0 Å². The van der Waals surface area contributed by atoms with E-state index in [-0.39, 0.29) is 5.82 Å². The molecule has 0 saturated heterocycles. The molecule has 1 aromatic carbocycles. The topological polar surface area (TPSA) is 0 Å². The molecule has 0 atom stereocenters. The fourth-order valence-electron chi connectivity index (χ4n) is 1.43. The van der Waals surface area contributed by atoms with Crippen LogP contribution in [0.3, 0.4) is 0 Å². The smallest absolute Gasteiger partial charge is 0.123 e. The largest absolute Gasteiger partial charge is 0.207 e. The Morgan fingerprint density at radius 2 is 2.08 bits per heavy atom. The van der Waals surface area contributed by atoms with Crippen LogP contribution in [-0.4, -0.2) is 5.88 Å². The number of rotatable bonds is 4. The molecule has 0 unspecified atom stereocenters. The Morgan fingerprint density at radius 3 is 2.69 bits per heavy atom. The highest BCUT2D eigenvalue weighted by atomic mass is 35.5. The first kappa shape index (κ1) is 10.5. The van der Waals surface area contributed by atoms with E-state index in [1.807, 2.05) is 6.07 Å². The Labute approximate surface area is 83.7 Å². The quantitative estimate of drug-likeness (QED) is 0.652. The Bertz CT molecular complexity index is 271. The lowest BCUT2D eigenvalue weighted by Crippen LogP contribution is -1.94. The van der Waals surface area contributed by atoms with Gasteiger partial charge >= 0.3 is 0 Å². The lowest BCUT2D eigenvalue weighted by atomic mass is 10.0. The van der Waals surface area contributed by atoms with Crippen LogP contribution in [0.2, 0.25) is 0 Å². The van der Waals surface area contributed by atoms with Crippen LogP contribution in [0.15, 0.2) is 18.2 Å². The van der Waals surface area contributed by atoms with Crippen molar-refractivity contribution in [2.24, 2.45) is 0 Å². The Kier molecular flexibility index (Phi) is 4.23. The van der Waals surface area contributed by atoms with Crippen LogP contribution in [0.1, 0.15) is 24.5 Å². The lowest BCUT2D eigenvalue weighted by Gasteiger charge is -2.06. The van der Waals surface area contributed by atoms with Gasteiger partial charge in [0.25, 0.3) is 0 Å². The number of hydrogen-bond acceptors (Lipinski definition) is 0. The number of alkyl halides is 1. The molecule has 0 aromatic heterocycles. The van der Waals surface area contributed by atoms with Crippen molar-refractivity contribution in [2.45, 2.75) is 26.2 Å². The Hall–Kier alpha value is -0.560. The van der Waals surface area contributed by atoms with Crippen molar-refractivity contribution in [3.8, 4) is 0 Å². The van der Waals surface area contributed by atoms with Gasteiger partial charge in [0.15, 0.2) is 0 Å². The van der Waals surface area contributed by atoms with Gasteiger partial charge in [0.1, 0.15) is 5.82 Å². The Balaban J connectivity index is 2.81. The van der Waals surface area contributed by atoms with Crippen LogP contribution in [0.25, 0.3) is 0 Å².